The first-order valence-electron chi connectivity index (χ1n) is 5.81. The lowest BCUT2D eigenvalue weighted by Gasteiger charge is -2.07. The fourth-order valence-corrected chi connectivity index (χ4v) is 1.81. The van der Waals surface area contributed by atoms with Crippen molar-refractivity contribution in [2.75, 3.05) is 0 Å². The minimum Gasteiger partial charge on any atom is -0.392 e. The second kappa shape index (κ2) is 5.62. The van der Waals surface area contributed by atoms with Gasteiger partial charge in [-0.15, -0.1) is 0 Å². The molecule has 94 valence electrons. The maximum absolute atomic E-state index is 12.0. The number of nitrogens with two attached hydrogens (primary N) is 1. The van der Waals surface area contributed by atoms with Crippen LogP contribution in [0.25, 0.3) is 0 Å². The van der Waals surface area contributed by atoms with Gasteiger partial charge in [-0.25, -0.2) is 0 Å². The molecule has 0 saturated carbocycles. The molecule has 1 aromatic heterocycles. The van der Waals surface area contributed by atoms with Gasteiger partial charge in [0.25, 0.3) is 5.56 Å². The molecule has 0 radical (unpaired) electrons. The van der Waals surface area contributed by atoms with Crippen LogP contribution in [0.3, 0.4) is 0 Å². The number of pyridine rings is 1. The molecule has 18 heavy (non-hydrogen) atoms. The number of aromatic nitrogens is 1. The van der Waals surface area contributed by atoms with E-state index in [-0.39, 0.29) is 18.7 Å². The summed E-state index contributed by atoms with van der Waals surface area (Å²) in [5.74, 6) is 0. The molecule has 0 fully saturated rings. The minimum absolute atomic E-state index is 0.0306. The van der Waals surface area contributed by atoms with E-state index < -0.39 is 0 Å². The predicted octanol–water partition coefficient (Wildman–Crippen LogP) is 0.848. The lowest BCUT2D eigenvalue weighted by molar-refractivity contribution is 0.282. The quantitative estimate of drug-likeness (QED) is 0.837. The summed E-state index contributed by atoms with van der Waals surface area (Å²) in [5, 5.41) is 8.96. The fraction of sp³-hybridized carbons (Fsp3) is 0.214. The Hall–Kier alpha value is -1.91. The van der Waals surface area contributed by atoms with Gasteiger partial charge in [0, 0.05) is 18.3 Å². The number of nitrogens with zero attached hydrogens (tertiary/aromatic N) is 1. The van der Waals surface area contributed by atoms with Gasteiger partial charge in [-0.3, -0.25) is 4.79 Å². The summed E-state index contributed by atoms with van der Waals surface area (Å²) < 4.78 is 1.64. The standard InChI is InChI=1S/C14H16N2O2/c15-8-13-2-1-7-16(14(13)18)9-11-3-5-12(10-17)6-4-11/h1-7,17H,8-10,15H2. The van der Waals surface area contributed by atoms with Gasteiger partial charge >= 0.3 is 0 Å². The first-order valence-corrected chi connectivity index (χ1v) is 5.81. The van der Waals surface area contributed by atoms with Gasteiger partial charge in [-0.2, -0.15) is 0 Å². The molecule has 4 heteroatoms. The highest BCUT2D eigenvalue weighted by Gasteiger charge is 2.02. The topological polar surface area (TPSA) is 68.2 Å². The third-order valence-electron chi connectivity index (χ3n) is 2.88. The van der Waals surface area contributed by atoms with Crippen LogP contribution in [0.1, 0.15) is 16.7 Å². The van der Waals surface area contributed by atoms with E-state index >= 15 is 0 Å². The SMILES string of the molecule is NCc1cccn(Cc2ccc(CO)cc2)c1=O. The van der Waals surface area contributed by atoms with Gasteiger partial charge in [0.2, 0.25) is 0 Å². The first-order chi connectivity index (χ1) is 8.74. The molecule has 0 aliphatic rings. The van der Waals surface area contributed by atoms with Gasteiger partial charge in [0.1, 0.15) is 0 Å². The van der Waals surface area contributed by atoms with Gasteiger partial charge in [0.15, 0.2) is 0 Å². The molecule has 2 aromatic rings. The Balaban J connectivity index is 2.25. The third-order valence-corrected chi connectivity index (χ3v) is 2.88. The molecule has 0 aliphatic carbocycles. The number of aliphatic hydroxyl groups is 1. The van der Waals surface area contributed by atoms with Crippen molar-refractivity contribution in [1.29, 1.82) is 0 Å². The van der Waals surface area contributed by atoms with Crippen molar-refractivity contribution < 1.29 is 5.11 Å². The van der Waals surface area contributed by atoms with Crippen molar-refractivity contribution in [2.24, 2.45) is 5.73 Å². The van der Waals surface area contributed by atoms with E-state index in [4.69, 9.17) is 10.8 Å². The average Bonchev–Trinajstić information content (AvgIpc) is 2.42. The molecule has 1 aromatic carbocycles. The second-order valence-corrected chi connectivity index (χ2v) is 4.15. The van der Waals surface area contributed by atoms with Gasteiger partial charge in [-0.1, -0.05) is 30.3 Å². The van der Waals surface area contributed by atoms with E-state index in [1.807, 2.05) is 30.3 Å². The van der Waals surface area contributed by atoms with Crippen LogP contribution in [0.2, 0.25) is 0 Å². The average molecular weight is 244 g/mol. The summed E-state index contributed by atoms with van der Waals surface area (Å²) in [7, 11) is 0. The van der Waals surface area contributed by atoms with Crippen molar-refractivity contribution in [2.45, 2.75) is 19.7 Å². The monoisotopic (exact) mass is 244 g/mol. The Labute approximate surface area is 105 Å². The fourth-order valence-electron chi connectivity index (χ4n) is 1.81. The highest BCUT2D eigenvalue weighted by molar-refractivity contribution is 5.22. The summed E-state index contributed by atoms with van der Waals surface area (Å²) >= 11 is 0. The molecule has 0 unspecified atom stereocenters. The molecular formula is C14H16N2O2. The van der Waals surface area contributed by atoms with Crippen molar-refractivity contribution in [1.82, 2.24) is 4.57 Å². The summed E-state index contributed by atoms with van der Waals surface area (Å²) in [6.45, 7) is 0.796. The summed E-state index contributed by atoms with van der Waals surface area (Å²) in [6, 6.07) is 11.1. The molecule has 1 heterocycles. The van der Waals surface area contributed by atoms with Crippen molar-refractivity contribution >= 4 is 0 Å². The highest BCUT2D eigenvalue weighted by atomic mass is 16.3. The first kappa shape index (κ1) is 12.5. The molecule has 0 atom stereocenters. The Morgan fingerprint density at radius 3 is 2.39 bits per heavy atom. The van der Waals surface area contributed by atoms with Crippen LogP contribution in [-0.4, -0.2) is 9.67 Å². The Kier molecular flexibility index (Phi) is 3.92. The van der Waals surface area contributed by atoms with Crippen LogP contribution in [0.5, 0.6) is 0 Å². The summed E-state index contributed by atoms with van der Waals surface area (Å²) in [5.41, 5.74) is 7.96. The van der Waals surface area contributed by atoms with Gasteiger partial charge in [0.05, 0.1) is 13.2 Å². The zero-order valence-electron chi connectivity index (χ0n) is 10.0. The van der Waals surface area contributed by atoms with Gasteiger partial charge in [-0.05, 0) is 17.2 Å². The van der Waals surface area contributed by atoms with Crippen molar-refractivity contribution in [3.05, 3.63) is 69.6 Å². The van der Waals surface area contributed by atoms with Crippen LogP contribution in [0.4, 0.5) is 0 Å². The van der Waals surface area contributed by atoms with Gasteiger partial charge < -0.3 is 15.4 Å². The van der Waals surface area contributed by atoms with E-state index in [1.165, 1.54) is 0 Å². The Morgan fingerprint density at radius 1 is 1.11 bits per heavy atom. The molecular weight excluding hydrogens is 228 g/mol. The van der Waals surface area contributed by atoms with Crippen LogP contribution >= 0.6 is 0 Å². The normalized spacial score (nSPS) is 10.6. The molecule has 0 saturated heterocycles. The largest absolute Gasteiger partial charge is 0.392 e. The van der Waals surface area contributed by atoms with E-state index in [0.29, 0.717) is 12.1 Å². The number of benzene rings is 1. The molecule has 4 nitrogen and oxygen atoms in total. The van der Waals surface area contributed by atoms with Crippen LogP contribution < -0.4 is 11.3 Å². The Morgan fingerprint density at radius 2 is 1.78 bits per heavy atom. The van der Waals surface area contributed by atoms with Crippen molar-refractivity contribution in [3.8, 4) is 0 Å². The third kappa shape index (κ3) is 2.67. The maximum atomic E-state index is 12.0. The zero-order valence-corrected chi connectivity index (χ0v) is 10.0. The zero-order chi connectivity index (χ0) is 13.0. The van der Waals surface area contributed by atoms with Crippen LogP contribution in [0.15, 0.2) is 47.4 Å². The van der Waals surface area contributed by atoms with E-state index in [1.54, 1.807) is 16.8 Å². The molecule has 3 N–H and O–H groups in total. The minimum atomic E-state index is -0.0498. The molecule has 0 bridgehead atoms. The van der Waals surface area contributed by atoms with Crippen LogP contribution in [-0.2, 0) is 19.7 Å². The lowest BCUT2D eigenvalue weighted by atomic mass is 10.1. The van der Waals surface area contributed by atoms with E-state index in [2.05, 4.69) is 0 Å². The Bertz CT molecular complexity index is 573. The summed E-state index contributed by atoms with van der Waals surface area (Å²) in [4.78, 5) is 12.0. The van der Waals surface area contributed by atoms with Crippen LogP contribution in [0, 0.1) is 0 Å². The van der Waals surface area contributed by atoms with E-state index in [9.17, 15) is 4.79 Å². The molecule has 0 spiro atoms. The second-order valence-electron chi connectivity index (χ2n) is 4.15. The summed E-state index contributed by atoms with van der Waals surface area (Å²) in [6.07, 6.45) is 1.75. The number of rotatable bonds is 4. The number of aliphatic hydroxyl groups excluding tert-OH is 1. The maximum Gasteiger partial charge on any atom is 0.255 e. The number of hydrogen-bond donors (Lipinski definition) is 2. The smallest absolute Gasteiger partial charge is 0.255 e. The van der Waals surface area contributed by atoms with Crippen molar-refractivity contribution in [3.63, 3.8) is 0 Å². The molecule has 2 rings (SSSR count). The molecule has 0 aliphatic heterocycles. The molecule has 0 amide bonds. The lowest BCUT2D eigenvalue weighted by Crippen LogP contribution is -2.24. The van der Waals surface area contributed by atoms with E-state index in [0.717, 1.165) is 11.1 Å². The predicted molar refractivity (Wildman–Crippen MR) is 70.1 cm³/mol. The number of hydrogen-bond acceptors (Lipinski definition) is 3. The highest BCUT2D eigenvalue weighted by Crippen LogP contribution is 2.05.